The van der Waals surface area contributed by atoms with Crippen LogP contribution in [0.3, 0.4) is 0 Å². The average molecular weight is 335 g/mol. The molecule has 0 aliphatic rings. The molecule has 0 fully saturated rings. The predicted octanol–water partition coefficient (Wildman–Crippen LogP) is 3.24. The highest BCUT2D eigenvalue weighted by atomic mass is 79.9. The van der Waals surface area contributed by atoms with E-state index in [1.165, 1.54) is 0 Å². The maximum atomic E-state index is 11.9. The normalized spacial score (nSPS) is 14.1. The molecule has 100 valence electrons. The van der Waals surface area contributed by atoms with Gasteiger partial charge < -0.3 is 10.4 Å². The van der Waals surface area contributed by atoms with Crippen LogP contribution in [0.25, 0.3) is 0 Å². The summed E-state index contributed by atoms with van der Waals surface area (Å²) < 4.78 is 0.814. The maximum Gasteiger partial charge on any atom is 0.252 e. The number of nitrogens with one attached hydrogen (secondary N) is 1. The van der Waals surface area contributed by atoms with Gasteiger partial charge in [-0.3, -0.25) is 4.79 Å². The van der Waals surface area contributed by atoms with E-state index in [1.807, 2.05) is 6.92 Å². The molecule has 0 bridgehead atoms. The third-order valence-corrected chi connectivity index (χ3v) is 3.35. The minimum atomic E-state index is -0.355. The lowest BCUT2D eigenvalue weighted by Gasteiger charge is -2.14. The molecule has 0 aliphatic heterocycles. The summed E-state index contributed by atoms with van der Waals surface area (Å²) >= 11 is 9.27. The molecule has 1 aromatic carbocycles. The second-order valence-electron chi connectivity index (χ2n) is 4.52. The average Bonchev–Trinajstić information content (AvgIpc) is 2.28. The zero-order valence-corrected chi connectivity index (χ0v) is 12.8. The van der Waals surface area contributed by atoms with Crippen molar-refractivity contribution in [2.24, 2.45) is 5.92 Å². The lowest BCUT2D eigenvalue weighted by atomic mass is 10.0. The van der Waals surface area contributed by atoms with Crippen molar-refractivity contribution >= 4 is 33.4 Å². The first kappa shape index (κ1) is 15.5. The Morgan fingerprint density at radius 2 is 2.17 bits per heavy atom. The van der Waals surface area contributed by atoms with Crippen molar-refractivity contribution in [1.82, 2.24) is 5.32 Å². The van der Waals surface area contributed by atoms with E-state index < -0.39 is 0 Å². The number of amides is 1. The molecule has 2 atom stereocenters. The quantitative estimate of drug-likeness (QED) is 0.868. The van der Waals surface area contributed by atoms with Gasteiger partial charge in [-0.05, 0) is 37.5 Å². The van der Waals surface area contributed by atoms with Crippen molar-refractivity contribution in [3.8, 4) is 0 Å². The van der Waals surface area contributed by atoms with E-state index in [2.05, 4.69) is 21.2 Å². The van der Waals surface area contributed by atoms with Gasteiger partial charge in [0, 0.05) is 11.0 Å². The second kappa shape index (κ2) is 7.12. The van der Waals surface area contributed by atoms with E-state index in [-0.39, 0.29) is 17.9 Å². The Kier molecular flexibility index (Phi) is 6.12. The summed E-state index contributed by atoms with van der Waals surface area (Å²) in [6, 6.07) is 5.16. The molecular formula is C13H17BrClNO2. The van der Waals surface area contributed by atoms with Gasteiger partial charge >= 0.3 is 0 Å². The van der Waals surface area contributed by atoms with Gasteiger partial charge in [0.25, 0.3) is 5.91 Å². The number of hydrogen-bond donors (Lipinski definition) is 2. The zero-order valence-electron chi connectivity index (χ0n) is 10.4. The lowest BCUT2D eigenvalue weighted by Crippen LogP contribution is -2.29. The highest BCUT2D eigenvalue weighted by molar-refractivity contribution is 9.10. The van der Waals surface area contributed by atoms with Crippen LogP contribution in [0.1, 0.15) is 30.6 Å². The van der Waals surface area contributed by atoms with Crippen molar-refractivity contribution < 1.29 is 9.90 Å². The molecule has 0 heterocycles. The molecule has 18 heavy (non-hydrogen) atoms. The Balaban J connectivity index is 2.58. The summed E-state index contributed by atoms with van der Waals surface area (Å²) in [6.45, 7) is 4.24. The minimum Gasteiger partial charge on any atom is -0.393 e. The van der Waals surface area contributed by atoms with Crippen LogP contribution < -0.4 is 5.32 Å². The van der Waals surface area contributed by atoms with Crippen LogP contribution >= 0.6 is 27.5 Å². The van der Waals surface area contributed by atoms with E-state index in [0.29, 0.717) is 23.6 Å². The standard InChI is InChI=1S/C13H17BrClNO2/c1-8(5-9(2)17)7-16-13(18)11-6-10(14)3-4-12(11)15/h3-4,6,8-9,17H,5,7H2,1-2H3,(H,16,18). The molecule has 2 unspecified atom stereocenters. The zero-order chi connectivity index (χ0) is 13.7. The fourth-order valence-electron chi connectivity index (χ4n) is 1.70. The molecule has 0 aliphatic carbocycles. The maximum absolute atomic E-state index is 11.9. The molecule has 1 rings (SSSR count). The summed E-state index contributed by atoms with van der Waals surface area (Å²) in [5.74, 6) is 0.0265. The molecule has 5 heteroatoms. The van der Waals surface area contributed by atoms with Crippen LogP contribution in [0.15, 0.2) is 22.7 Å². The lowest BCUT2D eigenvalue weighted by molar-refractivity contribution is 0.0939. The molecule has 0 aromatic heterocycles. The number of halogens is 2. The molecule has 0 spiro atoms. The smallest absolute Gasteiger partial charge is 0.252 e. The molecule has 1 amide bonds. The third kappa shape index (κ3) is 4.96. The molecule has 1 aromatic rings. The topological polar surface area (TPSA) is 49.3 Å². The summed E-state index contributed by atoms with van der Waals surface area (Å²) in [5, 5.41) is 12.5. The van der Waals surface area contributed by atoms with Gasteiger partial charge in [-0.2, -0.15) is 0 Å². The highest BCUT2D eigenvalue weighted by Crippen LogP contribution is 2.20. The molecule has 0 radical (unpaired) electrons. The van der Waals surface area contributed by atoms with Gasteiger partial charge in [-0.15, -0.1) is 0 Å². The van der Waals surface area contributed by atoms with Crippen LogP contribution in [-0.2, 0) is 0 Å². The van der Waals surface area contributed by atoms with Gasteiger partial charge in [0.15, 0.2) is 0 Å². The first-order chi connectivity index (χ1) is 8.40. The number of hydrogen-bond acceptors (Lipinski definition) is 2. The Morgan fingerprint density at radius 1 is 1.50 bits per heavy atom. The molecule has 3 nitrogen and oxygen atoms in total. The van der Waals surface area contributed by atoms with Crippen LogP contribution in [0.4, 0.5) is 0 Å². The largest absolute Gasteiger partial charge is 0.393 e. The number of aliphatic hydroxyl groups is 1. The van der Waals surface area contributed by atoms with Crippen molar-refractivity contribution in [2.75, 3.05) is 6.54 Å². The number of rotatable bonds is 5. The monoisotopic (exact) mass is 333 g/mol. The second-order valence-corrected chi connectivity index (χ2v) is 5.85. The number of carbonyl (C=O) groups excluding carboxylic acids is 1. The van der Waals surface area contributed by atoms with E-state index in [0.717, 1.165) is 4.47 Å². The van der Waals surface area contributed by atoms with Crippen LogP contribution in [-0.4, -0.2) is 23.7 Å². The van der Waals surface area contributed by atoms with Crippen molar-refractivity contribution in [2.45, 2.75) is 26.4 Å². The first-order valence-corrected chi connectivity index (χ1v) is 6.98. The Hall–Kier alpha value is -0.580. The van der Waals surface area contributed by atoms with Gasteiger partial charge in [0.05, 0.1) is 16.7 Å². The van der Waals surface area contributed by atoms with Gasteiger partial charge in [-0.25, -0.2) is 0 Å². The van der Waals surface area contributed by atoms with Crippen LogP contribution in [0, 0.1) is 5.92 Å². The first-order valence-electron chi connectivity index (χ1n) is 5.81. The molecular weight excluding hydrogens is 318 g/mol. The molecule has 2 N–H and O–H groups in total. The molecule has 0 saturated carbocycles. The van der Waals surface area contributed by atoms with E-state index in [4.69, 9.17) is 11.6 Å². The Morgan fingerprint density at radius 3 is 2.78 bits per heavy atom. The minimum absolute atomic E-state index is 0.196. The van der Waals surface area contributed by atoms with Crippen LogP contribution in [0.5, 0.6) is 0 Å². The van der Waals surface area contributed by atoms with Gasteiger partial charge in [-0.1, -0.05) is 34.5 Å². The number of benzene rings is 1. The van der Waals surface area contributed by atoms with E-state index >= 15 is 0 Å². The highest BCUT2D eigenvalue weighted by Gasteiger charge is 2.12. The van der Waals surface area contributed by atoms with Gasteiger partial charge in [0.2, 0.25) is 0 Å². The van der Waals surface area contributed by atoms with Crippen molar-refractivity contribution in [1.29, 1.82) is 0 Å². The summed E-state index contributed by atoms with van der Waals surface area (Å²) in [7, 11) is 0. The van der Waals surface area contributed by atoms with E-state index in [9.17, 15) is 9.90 Å². The Labute approximate surface area is 121 Å². The number of carbonyl (C=O) groups is 1. The van der Waals surface area contributed by atoms with Crippen molar-refractivity contribution in [3.63, 3.8) is 0 Å². The summed E-state index contributed by atoms with van der Waals surface area (Å²) in [4.78, 5) is 11.9. The predicted molar refractivity (Wildman–Crippen MR) is 76.9 cm³/mol. The SMILES string of the molecule is CC(O)CC(C)CNC(=O)c1cc(Br)ccc1Cl. The summed E-state index contributed by atoms with van der Waals surface area (Å²) in [6.07, 6.45) is 0.304. The fraction of sp³-hybridized carbons (Fsp3) is 0.462. The van der Waals surface area contributed by atoms with Crippen molar-refractivity contribution in [3.05, 3.63) is 33.3 Å². The molecule has 0 saturated heterocycles. The van der Waals surface area contributed by atoms with E-state index in [1.54, 1.807) is 25.1 Å². The third-order valence-electron chi connectivity index (χ3n) is 2.53. The fourth-order valence-corrected chi connectivity index (χ4v) is 2.26. The Bertz CT molecular complexity index is 423. The summed E-state index contributed by atoms with van der Waals surface area (Å²) in [5.41, 5.74) is 0.454. The van der Waals surface area contributed by atoms with Gasteiger partial charge in [0.1, 0.15) is 0 Å². The van der Waals surface area contributed by atoms with Crippen LogP contribution in [0.2, 0.25) is 5.02 Å². The number of aliphatic hydroxyl groups excluding tert-OH is 1.